The molecule has 1 saturated carbocycles. The molecule has 2 saturated heterocycles. The van der Waals surface area contributed by atoms with Crippen LogP contribution in [0.15, 0.2) is 0 Å². The number of carbonyl (C=O) groups is 1. The van der Waals surface area contributed by atoms with Crippen LogP contribution in [0.1, 0.15) is 51.9 Å². The highest BCUT2D eigenvalue weighted by Crippen LogP contribution is 2.34. The van der Waals surface area contributed by atoms with Gasteiger partial charge >= 0.3 is 0 Å². The third-order valence-corrected chi connectivity index (χ3v) is 5.82. The topological polar surface area (TPSA) is 50.4 Å². The Hall–Kier alpha value is -0.610. The Balaban J connectivity index is 1.46. The highest BCUT2D eigenvalue weighted by molar-refractivity contribution is 5.76. The third kappa shape index (κ3) is 3.78. The molecule has 0 aromatic carbocycles. The molecule has 3 aliphatic rings. The van der Waals surface area contributed by atoms with Gasteiger partial charge < -0.3 is 15.4 Å². The Morgan fingerprint density at radius 2 is 2.05 bits per heavy atom. The lowest BCUT2D eigenvalue weighted by Crippen LogP contribution is -2.46. The van der Waals surface area contributed by atoms with Gasteiger partial charge in [-0.1, -0.05) is 6.92 Å². The van der Waals surface area contributed by atoms with Crippen LogP contribution < -0.4 is 10.6 Å². The second-order valence-corrected chi connectivity index (χ2v) is 7.24. The maximum atomic E-state index is 12.4. The second kappa shape index (κ2) is 7.10. The lowest BCUT2D eigenvalue weighted by molar-refractivity contribution is -0.124. The second-order valence-electron chi connectivity index (χ2n) is 7.24. The number of fused-ring (bicyclic) bond motifs is 1. The van der Waals surface area contributed by atoms with Crippen LogP contribution in [0.3, 0.4) is 0 Å². The largest absolute Gasteiger partial charge is 0.378 e. The number of amides is 1. The number of ether oxygens (including phenoxy) is 1. The van der Waals surface area contributed by atoms with Crippen molar-refractivity contribution in [2.24, 2.45) is 17.8 Å². The van der Waals surface area contributed by atoms with Gasteiger partial charge in [-0.15, -0.1) is 0 Å². The first-order valence-electron chi connectivity index (χ1n) is 8.85. The van der Waals surface area contributed by atoms with Gasteiger partial charge in [-0.25, -0.2) is 0 Å². The standard InChI is InChI=1S/C17H30N2O2/c1-12(13-5-8-18-9-6-13)11-17(20)19-15-3-2-4-16-14(15)7-10-21-16/h12-16,18H,2-11H2,1H3,(H,19,20). The molecule has 2 N–H and O–H groups in total. The minimum atomic E-state index is 0.263. The van der Waals surface area contributed by atoms with Crippen molar-refractivity contribution in [1.82, 2.24) is 10.6 Å². The van der Waals surface area contributed by atoms with Crippen LogP contribution in [0.5, 0.6) is 0 Å². The first-order chi connectivity index (χ1) is 10.2. The SMILES string of the molecule is CC(CC(=O)NC1CCCC2OCCC12)C1CCNCC1. The lowest BCUT2D eigenvalue weighted by atomic mass is 9.81. The van der Waals surface area contributed by atoms with Crippen LogP contribution in [-0.4, -0.2) is 37.7 Å². The van der Waals surface area contributed by atoms with Crippen LogP contribution in [0.4, 0.5) is 0 Å². The van der Waals surface area contributed by atoms with E-state index in [2.05, 4.69) is 17.6 Å². The molecule has 2 heterocycles. The zero-order valence-electron chi connectivity index (χ0n) is 13.3. The van der Waals surface area contributed by atoms with E-state index in [-0.39, 0.29) is 5.91 Å². The molecular formula is C17H30N2O2. The van der Waals surface area contributed by atoms with Crippen molar-refractivity contribution in [3.63, 3.8) is 0 Å². The minimum Gasteiger partial charge on any atom is -0.378 e. The van der Waals surface area contributed by atoms with Gasteiger partial charge in [-0.2, -0.15) is 0 Å². The summed E-state index contributed by atoms with van der Waals surface area (Å²) in [7, 11) is 0. The molecule has 21 heavy (non-hydrogen) atoms. The Bertz CT molecular complexity index is 355. The summed E-state index contributed by atoms with van der Waals surface area (Å²) in [6, 6.07) is 0.360. The van der Waals surface area contributed by atoms with E-state index in [4.69, 9.17) is 4.74 Å². The summed E-state index contributed by atoms with van der Waals surface area (Å²) in [5.74, 6) is 2.05. The van der Waals surface area contributed by atoms with E-state index < -0.39 is 0 Å². The highest BCUT2D eigenvalue weighted by atomic mass is 16.5. The number of nitrogens with one attached hydrogen (secondary N) is 2. The lowest BCUT2D eigenvalue weighted by Gasteiger charge is -2.34. The summed E-state index contributed by atoms with van der Waals surface area (Å²) in [6.45, 7) is 5.35. The third-order valence-electron chi connectivity index (χ3n) is 5.82. The molecule has 0 aromatic heterocycles. The molecule has 4 atom stereocenters. The summed E-state index contributed by atoms with van der Waals surface area (Å²) < 4.78 is 5.79. The van der Waals surface area contributed by atoms with Gasteiger partial charge in [0.25, 0.3) is 0 Å². The van der Waals surface area contributed by atoms with Gasteiger partial charge in [0.2, 0.25) is 5.91 Å². The van der Waals surface area contributed by atoms with Crippen molar-refractivity contribution < 1.29 is 9.53 Å². The first-order valence-corrected chi connectivity index (χ1v) is 8.85. The number of rotatable bonds is 4. The molecular weight excluding hydrogens is 264 g/mol. The fraction of sp³-hybridized carbons (Fsp3) is 0.941. The predicted octanol–water partition coefficient (Wildman–Crippen LogP) is 2.09. The van der Waals surface area contributed by atoms with Gasteiger partial charge in [-0.3, -0.25) is 4.79 Å². The van der Waals surface area contributed by atoms with E-state index in [1.54, 1.807) is 0 Å². The molecule has 3 rings (SSSR count). The van der Waals surface area contributed by atoms with Crippen molar-refractivity contribution in [2.45, 2.75) is 64.0 Å². The molecule has 2 aliphatic heterocycles. The predicted molar refractivity (Wildman–Crippen MR) is 83.0 cm³/mol. The maximum absolute atomic E-state index is 12.4. The van der Waals surface area contributed by atoms with Gasteiger partial charge in [-0.05, 0) is 63.5 Å². The molecule has 4 nitrogen and oxygen atoms in total. The average molecular weight is 294 g/mol. The number of hydrogen-bond donors (Lipinski definition) is 2. The van der Waals surface area contributed by atoms with Crippen molar-refractivity contribution in [1.29, 1.82) is 0 Å². The van der Waals surface area contributed by atoms with Gasteiger partial charge in [0.1, 0.15) is 0 Å². The van der Waals surface area contributed by atoms with E-state index >= 15 is 0 Å². The summed E-state index contributed by atoms with van der Waals surface area (Å²) in [4.78, 5) is 12.4. The molecule has 0 aromatic rings. The number of piperidine rings is 1. The van der Waals surface area contributed by atoms with Crippen LogP contribution in [-0.2, 0) is 9.53 Å². The molecule has 0 spiro atoms. The van der Waals surface area contributed by atoms with Gasteiger partial charge in [0, 0.05) is 25.0 Å². The molecule has 0 bridgehead atoms. The molecule has 1 amide bonds. The Kier molecular flexibility index (Phi) is 5.17. The highest BCUT2D eigenvalue weighted by Gasteiger charge is 2.38. The van der Waals surface area contributed by atoms with E-state index in [1.165, 1.54) is 25.7 Å². The molecule has 4 heteroatoms. The maximum Gasteiger partial charge on any atom is 0.220 e. The van der Waals surface area contributed by atoms with Crippen molar-refractivity contribution in [3.8, 4) is 0 Å². The van der Waals surface area contributed by atoms with Crippen LogP contribution in [0.25, 0.3) is 0 Å². The molecule has 120 valence electrons. The average Bonchev–Trinajstić information content (AvgIpc) is 2.97. The van der Waals surface area contributed by atoms with Crippen molar-refractivity contribution >= 4 is 5.91 Å². The van der Waals surface area contributed by atoms with Crippen LogP contribution in [0, 0.1) is 17.8 Å². The van der Waals surface area contributed by atoms with Gasteiger partial charge in [0.15, 0.2) is 0 Å². The molecule has 0 radical (unpaired) electrons. The summed E-state index contributed by atoms with van der Waals surface area (Å²) in [6.07, 6.45) is 8.17. The summed E-state index contributed by atoms with van der Waals surface area (Å²) in [5.41, 5.74) is 0. The number of hydrogen-bond acceptors (Lipinski definition) is 3. The Labute approximate surface area is 128 Å². The van der Waals surface area contributed by atoms with E-state index in [9.17, 15) is 4.79 Å². The van der Waals surface area contributed by atoms with Crippen molar-refractivity contribution in [2.75, 3.05) is 19.7 Å². The minimum absolute atomic E-state index is 0.263. The summed E-state index contributed by atoms with van der Waals surface area (Å²) in [5, 5.41) is 6.73. The fourth-order valence-electron chi connectivity index (χ4n) is 4.49. The first kappa shape index (κ1) is 15.3. The van der Waals surface area contributed by atoms with E-state index in [0.29, 0.717) is 36.3 Å². The van der Waals surface area contributed by atoms with E-state index in [0.717, 1.165) is 32.5 Å². The van der Waals surface area contributed by atoms with Crippen LogP contribution in [0.2, 0.25) is 0 Å². The van der Waals surface area contributed by atoms with Crippen LogP contribution >= 0.6 is 0 Å². The normalized spacial score (nSPS) is 35.2. The zero-order valence-corrected chi connectivity index (χ0v) is 13.3. The Morgan fingerprint density at radius 1 is 1.24 bits per heavy atom. The monoisotopic (exact) mass is 294 g/mol. The quantitative estimate of drug-likeness (QED) is 0.835. The van der Waals surface area contributed by atoms with Gasteiger partial charge in [0.05, 0.1) is 6.10 Å². The fourth-order valence-corrected chi connectivity index (χ4v) is 4.49. The zero-order chi connectivity index (χ0) is 14.7. The Morgan fingerprint density at radius 3 is 2.86 bits per heavy atom. The van der Waals surface area contributed by atoms with Crippen molar-refractivity contribution in [3.05, 3.63) is 0 Å². The number of carbonyl (C=O) groups excluding carboxylic acids is 1. The molecule has 3 fully saturated rings. The molecule has 4 unspecified atom stereocenters. The molecule has 1 aliphatic carbocycles. The van der Waals surface area contributed by atoms with E-state index in [1.807, 2.05) is 0 Å². The summed E-state index contributed by atoms with van der Waals surface area (Å²) >= 11 is 0. The smallest absolute Gasteiger partial charge is 0.220 e.